The lowest BCUT2D eigenvalue weighted by Crippen LogP contribution is -2.01. The molecule has 0 saturated carbocycles. The summed E-state index contributed by atoms with van der Waals surface area (Å²) < 4.78 is 1.25. The largest absolute Gasteiger partial charge is 0.0838 e. The van der Waals surface area contributed by atoms with Crippen molar-refractivity contribution in [1.29, 1.82) is 0 Å². The average molecular weight is 346 g/mol. The van der Waals surface area contributed by atoms with Gasteiger partial charge in [0.25, 0.3) is 0 Å². The van der Waals surface area contributed by atoms with Crippen molar-refractivity contribution in [3.63, 3.8) is 0 Å². The first kappa shape index (κ1) is 12.6. The molecule has 2 atom stereocenters. The van der Waals surface area contributed by atoms with E-state index in [1.54, 1.807) is 5.56 Å². The molecule has 1 aliphatic carbocycles. The molecule has 0 aromatic heterocycles. The van der Waals surface area contributed by atoms with Crippen molar-refractivity contribution in [2.45, 2.75) is 44.9 Å². The Morgan fingerprint density at radius 2 is 2.00 bits per heavy atom. The van der Waals surface area contributed by atoms with E-state index in [9.17, 15) is 0 Å². The Morgan fingerprint density at radius 3 is 2.69 bits per heavy atom. The minimum Gasteiger partial charge on any atom is -0.0838 e. The summed E-state index contributed by atoms with van der Waals surface area (Å²) in [6.45, 7) is 6.82. The number of fused-ring (bicyclic) bond motifs is 1. The highest BCUT2D eigenvalue weighted by Crippen LogP contribution is 2.42. The molecule has 0 N–H and O–H groups in total. The molecular weight excluding hydrogens is 328 g/mol. The van der Waals surface area contributed by atoms with Gasteiger partial charge in [-0.1, -0.05) is 38.8 Å². The number of aryl methyl sites for hydroxylation is 1. The van der Waals surface area contributed by atoms with Crippen LogP contribution >= 0.6 is 31.9 Å². The standard InChI is InChI=1S/C14H18Br2/c1-8-4-5-11-9(2)7-12(15)10(3)14(11)13(16)6-8/h7-8,13H,4-6H2,1-3H3. The lowest BCUT2D eigenvalue weighted by Gasteiger charge is -2.18. The van der Waals surface area contributed by atoms with E-state index in [1.165, 1.54) is 40.4 Å². The molecule has 0 nitrogen and oxygen atoms in total. The quantitative estimate of drug-likeness (QED) is 0.431. The fourth-order valence-corrected chi connectivity index (χ4v) is 4.50. The summed E-state index contributed by atoms with van der Waals surface area (Å²) in [4.78, 5) is 0.524. The van der Waals surface area contributed by atoms with Crippen molar-refractivity contribution in [2.24, 2.45) is 5.92 Å². The molecule has 0 amide bonds. The van der Waals surface area contributed by atoms with E-state index in [-0.39, 0.29) is 0 Å². The van der Waals surface area contributed by atoms with Crippen LogP contribution < -0.4 is 0 Å². The van der Waals surface area contributed by atoms with Crippen LogP contribution in [0.1, 0.15) is 46.8 Å². The molecular formula is C14H18Br2. The van der Waals surface area contributed by atoms with Crippen LogP contribution in [0.4, 0.5) is 0 Å². The van der Waals surface area contributed by atoms with E-state index in [0.29, 0.717) is 4.83 Å². The molecule has 1 aromatic carbocycles. The van der Waals surface area contributed by atoms with Gasteiger partial charge in [-0.2, -0.15) is 0 Å². The minimum atomic E-state index is 0.524. The van der Waals surface area contributed by atoms with Crippen LogP contribution in [-0.4, -0.2) is 0 Å². The molecule has 0 bridgehead atoms. The molecule has 2 heteroatoms. The third-order valence-corrected chi connectivity index (χ3v) is 5.37. The summed E-state index contributed by atoms with van der Waals surface area (Å²) in [7, 11) is 0. The van der Waals surface area contributed by atoms with Gasteiger partial charge in [-0.05, 0) is 67.3 Å². The summed E-state index contributed by atoms with van der Waals surface area (Å²) in [5.74, 6) is 0.814. The Hall–Kier alpha value is 0.180. The van der Waals surface area contributed by atoms with Crippen LogP contribution in [0.3, 0.4) is 0 Å². The second-order valence-electron chi connectivity index (χ2n) is 5.04. The first-order valence-corrected chi connectivity index (χ1v) is 7.64. The Bertz CT molecular complexity index is 410. The molecule has 1 aliphatic rings. The van der Waals surface area contributed by atoms with Gasteiger partial charge >= 0.3 is 0 Å². The summed E-state index contributed by atoms with van der Waals surface area (Å²) in [6, 6.07) is 2.27. The molecule has 2 unspecified atom stereocenters. The smallest absolute Gasteiger partial charge is 0.0403 e. The van der Waals surface area contributed by atoms with Crippen LogP contribution in [0.2, 0.25) is 0 Å². The van der Waals surface area contributed by atoms with Crippen LogP contribution in [-0.2, 0) is 6.42 Å². The Labute approximate surface area is 115 Å². The van der Waals surface area contributed by atoms with Gasteiger partial charge in [-0.15, -0.1) is 0 Å². The molecule has 88 valence electrons. The third kappa shape index (κ3) is 2.24. The average Bonchev–Trinajstić information content (AvgIpc) is 2.34. The minimum absolute atomic E-state index is 0.524. The van der Waals surface area contributed by atoms with E-state index in [1.807, 2.05) is 0 Å². The van der Waals surface area contributed by atoms with Gasteiger partial charge in [0.1, 0.15) is 0 Å². The number of benzene rings is 1. The molecule has 0 spiro atoms. The van der Waals surface area contributed by atoms with Crippen molar-refractivity contribution in [3.8, 4) is 0 Å². The Balaban J connectivity index is 2.59. The molecule has 0 heterocycles. The molecule has 0 saturated heterocycles. The molecule has 0 aliphatic heterocycles. The normalized spacial score (nSPS) is 25.1. The molecule has 2 rings (SSSR count). The van der Waals surface area contributed by atoms with Gasteiger partial charge in [-0.25, -0.2) is 0 Å². The maximum absolute atomic E-state index is 3.88. The fraction of sp³-hybridized carbons (Fsp3) is 0.571. The zero-order valence-corrected chi connectivity index (χ0v) is 13.3. The maximum Gasteiger partial charge on any atom is 0.0403 e. The van der Waals surface area contributed by atoms with Crippen molar-refractivity contribution in [1.82, 2.24) is 0 Å². The SMILES string of the molecule is Cc1cc(Br)c(C)c2c1CCC(C)CC2Br. The predicted molar refractivity (Wildman–Crippen MR) is 77.4 cm³/mol. The van der Waals surface area contributed by atoms with Crippen LogP contribution in [0, 0.1) is 19.8 Å². The summed E-state index contributed by atoms with van der Waals surface area (Å²) in [5.41, 5.74) is 5.96. The Morgan fingerprint density at radius 1 is 1.31 bits per heavy atom. The van der Waals surface area contributed by atoms with Crippen molar-refractivity contribution < 1.29 is 0 Å². The third-order valence-electron chi connectivity index (χ3n) is 3.72. The monoisotopic (exact) mass is 344 g/mol. The number of hydrogen-bond donors (Lipinski definition) is 0. The zero-order valence-electron chi connectivity index (χ0n) is 10.1. The van der Waals surface area contributed by atoms with Crippen molar-refractivity contribution in [3.05, 3.63) is 32.8 Å². The number of halogens is 2. The van der Waals surface area contributed by atoms with Gasteiger partial charge < -0.3 is 0 Å². The summed E-state index contributed by atoms with van der Waals surface area (Å²) in [5, 5.41) is 0. The Kier molecular flexibility index (Phi) is 3.80. The number of alkyl halides is 1. The number of rotatable bonds is 0. The van der Waals surface area contributed by atoms with Gasteiger partial charge in [0.2, 0.25) is 0 Å². The molecule has 0 radical (unpaired) electrons. The first-order valence-electron chi connectivity index (χ1n) is 5.93. The topological polar surface area (TPSA) is 0 Å². The van der Waals surface area contributed by atoms with Gasteiger partial charge in [0.05, 0.1) is 0 Å². The van der Waals surface area contributed by atoms with E-state index in [4.69, 9.17) is 0 Å². The summed E-state index contributed by atoms with van der Waals surface area (Å²) >= 11 is 7.55. The molecule has 16 heavy (non-hydrogen) atoms. The molecule has 0 fully saturated rings. The first-order chi connectivity index (χ1) is 7.50. The predicted octanol–water partition coefficient (Wildman–Crippen LogP) is 5.47. The van der Waals surface area contributed by atoms with E-state index >= 15 is 0 Å². The number of hydrogen-bond acceptors (Lipinski definition) is 0. The van der Waals surface area contributed by atoms with E-state index in [0.717, 1.165) is 5.92 Å². The van der Waals surface area contributed by atoms with Gasteiger partial charge in [-0.3, -0.25) is 0 Å². The van der Waals surface area contributed by atoms with Gasteiger partial charge in [0.15, 0.2) is 0 Å². The highest BCUT2D eigenvalue weighted by Gasteiger charge is 2.24. The van der Waals surface area contributed by atoms with Crippen LogP contribution in [0.5, 0.6) is 0 Å². The van der Waals surface area contributed by atoms with Crippen LogP contribution in [0.25, 0.3) is 0 Å². The lowest BCUT2D eigenvalue weighted by molar-refractivity contribution is 0.508. The molecule has 1 aromatic rings. The highest BCUT2D eigenvalue weighted by atomic mass is 79.9. The fourth-order valence-electron chi connectivity index (χ4n) is 2.69. The van der Waals surface area contributed by atoms with Crippen molar-refractivity contribution in [2.75, 3.05) is 0 Å². The lowest BCUT2D eigenvalue weighted by atomic mass is 9.94. The zero-order chi connectivity index (χ0) is 11.9. The van der Waals surface area contributed by atoms with Crippen molar-refractivity contribution >= 4 is 31.9 Å². The highest BCUT2D eigenvalue weighted by molar-refractivity contribution is 9.10. The second-order valence-corrected chi connectivity index (χ2v) is 7.00. The second kappa shape index (κ2) is 4.81. The van der Waals surface area contributed by atoms with E-state index < -0.39 is 0 Å². The van der Waals surface area contributed by atoms with Crippen LogP contribution in [0.15, 0.2) is 10.5 Å². The maximum atomic E-state index is 3.88. The van der Waals surface area contributed by atoms with Gasteiger partial charge in [0, 0.05) is 9.30 Å². The van der Waals surface area contributed by atoms with E-state index in [2.05, 4.69) is 58.7 Å². The summed E-state index contributed by atoms with van der Waals surface area (Å²) in [6.07, 6.45) is 3.80.